The van der Waals surface area contributed by atoms with Crippen molar-refractivity contribution in [1.29, 1.82) is 0 Å². The van der Waals surface area contributed by atoms with Gasteiger partial charge in [-0.3, -0.25) is 4.79 Å². The first kappa shape index (κ1) is 13.7. The van der Waals surface area contributed by atoms with E-state index < -0.39 is 0 Å². The molecular formula is C14H15N5O. The van der Waals surface area contributed by atoms with Crippen LogP contribution < -0.4 is 5.32 Å². The molecule has 2 aromatic heterocycles. The summed E-state index contributed by atoms with van der Waals surface area (Å²) < 4.78 is 1.50. The molecule has 0 spiro atoms. The Kier molecular flexibility index (Phi) is 3.77. The average molecular weight is 269 g/mol. The van der Waals surface area contributed by atoms with Crippen LogP contribution in [0.3, 0.4) is 0 Å². The van der Waals surface area contributed by atoms with Gasteiger partial charge in [0.05, 0.1) is 5.69 Å². The highest BCUT2D eigenvalue weighted by atomic mass is 16.1. The number of aryl methyl sites for hydroxylation is 3. The molecule has 0 saturated carbocycles. The Morgan fingerprint density at radius 2 is 1.90 bits per heavy atom. The summed E-state index contributed by atoms with van der Waals surface area (Å²) in [5.74, 6) is 0.600. The Balaban J connectivity index is 2.46. The molecule has 0 aromatic carbocycles. The largest absolute Gasteiger partial charge is 0.306 e. The molecule has 0 saturated heterocycles. The highest BCUT2D eigenvalue weighted by Gasteiger charge is 2.12. The third-order valence-corrected chi connectivity index (χ3v) is 2.48. The molecule has 2 aromatic rings. The molecule has 0 aliphatic heterocycles. The molecular weight excluding hydrogens is 254 g/mol. The Bertz CT molecular complexity index is 690. The van der Waals surface area contributed by atoms with E-state index in [1.165, 1.54) is 10.8 Å². The van der Waals surface area contributed by atoms with E-state index in [1.54, 1.807) is 6.07 Å². The molecule has 0 fully saturated rings. The van der Waals surface area contributed by atoms with Crippen molar-refractivity contribution < 1.29 is 4.79 Å². The van der Waals surface area contributed by atoms with Crippen molar-refractivity contribution in [3.05, 3.63) is 47.6 Å². The molecule has 2 rings (SSSR count). The molecule has 20 heavy (non-hydrogen) atoms. The molecule has 1 amide bonds. The highest BCUT2D eigenvalue weighted by molar-refractivity contribution is 5.98. The minimum absolute atomic E-state index is 0.328. The van der Waals surface area contributed by atoms with Crippen LogP contribution in [0.1, 0.15) is 17.1 Å². The van der Waals surface area contributed by atoms with Gasteiger partial charge in [-0.2, -0.15) is 9.78 Å². The third kappa shape index (κ3) is 2.99. The summed E-state index contributed by atoms with van der Waals surface area (Å²) in [5.41, 5.74) is 4.85. The van der Waals surface area contributed by atoms with Gasteiger partial charge in [0.2, 0.25) is 0 Å². The second-order valence-electron chi connectivity index (χ2n) is 4.37. The maximum Gasteiger partial charge on any atom is 0.257 e. The molecule has 2 heterocycles. The standard InChI is InChI=1S/C14H15N5O/c1-5-6-13(20)17-12-8-11(4)18-19(12)14-15-9(2)7-10(3)16-14/h6-8H,1H2,2-4H3,(H,17,20). The van der Waals surface area contributed by atoms with E-state index in [0.717, 1.165) is 17.1 Å². The average Bonchev–Trinajstić information content (AvgIpc) is 2.69. The number of carbonyl (C=O) groups excluding carboxylic acids is 1. The first-order valence-electron chi connectivity index (χ1n) is 6.05. The number of nitrogens with one attached hydrogen (secondary N) is 1. The normalized spacial score (nSPS) is 9.95. The second kappa shape index (κ2) is 5.50. The van der Waals surface area contributed by atoms with Crippen molar-refractivity contribution in [2.45, 2.75) is 20.8 Å². The van der Waals surface area contributed by atoms with Gasteiger partial charge in [-0.25, -0.2) is 9.97 Å². The van der Waals surface area contributed by atoms with E-state index in [4.69, 9.17) is 0 Å². The van der Waals surface area contributed by atoms with Crippen LogP contribution in [0.5, 0.6) is 0 Å². The highest BCUT2D eigenvalue weighted by Crippen LogP contribution is 2.15. The number of carbonyl (C=O) groups is 1. The van der Waals surface area contributed by atoms with Crippen molar-refractivity contribution >= 4 is 11.7 Å². The summed E-state index contributed by atoms with van der Waals surface area (Å²) >= 11 is 0. The number of anilines is 1. The lowest BCUT2D eigenvalue weighted by Gasteiger charge is -2.07. The maximum atomic E-state index is 11.6. The van der Waals surface area contributed by atoms with Crippen LogP contribution in [0.4, 0.5) is 5.82 Å². The van der Waals surface area contributed by atoms with Gasteiger partial charge in [0.15, 0.2) is 0 Å². The van der Waals surface area contributed by atoms with E-state index >= 15 is 0 Å². The molecule has 102 valence electrons. The van der Waals surface area contributed by atoms with Crippen molar-refractivity contribution in [3.8, 4) is 5.95 Å². The SMILES string of the molecule is C=C=CC(=O)Nc1cc(C)nn1-c1nc(C)cc(C)n1. The zero-order chi connectivity index (χ0) is 14.7. The number of aromatic nitrogens is 4. The van der Waals surface area contributed by atoms with E-state index in [9.17, 15) is 4.79 Å². The van der Waals surface area contributed by atoms with Crippen molar-refractivity contribution in [2.24, 2.45) is 0 Å². The molecule has 0 atom stereocenters. The fourth-order valence-corrected chi connectivity index (χ4v) is 1.80. The molecule has 0 aliphatic carbocycles. The van der Waals surface area contributed by atoms with Crippen LogP contribution in [0.2, 0.25) is 0 Å². The number of nitrogens with zero attached hydrogens (tertiary/aromatic N) is 4. The molecule has 0 radical (unpaired) electrons. The monoisotopic (exact) mass is 269 g/mol. The summed E-state index contributed by atoms with van der Waals surface area (Å²) in [6.45, 7) is 8.96. The number of hydrogen-bond donors (Lipinski definition) is 1. The van der Waals surface area contributed by atoms with Gasteiger partial charge in [-0.15, -0.1) is 5.73 Å². The Hall–Kier alpha value is -2.72. The van der Waals surface area contributed by atoms with E-state index in [0.29, 0.717) is 11.8 Å². The molecule has 6 heteroatoms. The zero-order valence-electron chi connectivity index (χ0n) is 11.6. The summed E-state index contributed by atoms with van der Waals surface area (Å²) in [6.07, 6.45) is 1.22. The van der Waals surface area contributed by atoms with Crippen molar-refractivity contribution in [1.82, 2.24) is 19.7 Å². The Morgan fingerprint density at radius 1 is 1.25 bits per heavy atom. The number of hydrogen-bond acceptors (Lipinski definition) is 4. The van der Waals surface area contributed by atoms with Crippen LogP contribution in [0.15, 0.2) is 30.5 Å². The lowest BCUT2D eigenvalue weighted by atomic mass is 10.4. The minimum atomic E-state index is -0.328. The smallest absolute Gasteiger partial charge is 0.257 e. The lowest BCUT2D eigenvalue weighted by molar-refractivity contribution is -0.111. The van der Waals surface area contributed by atoms with E-state index in [-0.39, 0.29) is 5.91 Å². The minimum Gasteiger partial charge on any atom is -0.306 e. The molecule has 0 unspecified atom stereocenters. The zero-order valence-corrected chi connectivity index (χ0v) is 11.6. The first-order chi connectivity index (χ1) is 9.49. The van der Waals surface area contributed by atoms with Gasteiger partial charge >= 0.3 is 0 Å². The lowest BCUT2D eigenvalue weighted by Crippen LogP contribution is -2.14. The fraction of sp³-hybridized carbons (Fsp3) is 0.214. The molecule has 6 nitrogen and oxygen atoms in total. The summed E-state index contributed by atoms with van der Waals surface area (Å²) in [7, 11) is 0. The van der Waals surface area contributed by atoms with Crippen LogP contribution in [-0.4, -0.2) is 25.7 Å². The second-order valence-corrected chi connectivity index (χ2v) is 4.37. The van der Waals surface area contributed by atoms with Crippen LogP contribution in [0, 0.1) is 20.8 Å². The van der Waals surface area contributed by atoms with Gasteiger partial charge in [0.1, 0.15) is 5.82 Å². The molecule has 0 bridgehead atoms. The van der Waals surface area contributed by atoms with Crippen molar-refractivity contribution in [3.63, 3.8) is 0 Å². The number of rotatable bonds is 3. The fourth-order valence-electron chi connectivity index (χ4n) is 1.80. The van der Waals surface area contributed by atoms with E-state index in [2.05, 4.69) is 32.7 Å². The summed E-state index contributed by atoms with van der Waals surface area (Å²) in [5, 5.41) is 7.00. The third-order valence-electron chi connectivity index (χ3n) is 2.48. The van der Waals surface area contributed by atoms with Crippen LogP contribution >= 0.6 is 0 Å². The first-order valence-corrected chi connectivity index (χ1v) is 6.05. The predicted octanol–water partition coefficient (Wildman–Crippen LogP) is 1.87. The molecule has 1 N–H and O–H groups in total. The van der Waals surface area contributed by atoms with Crippen molar-refractivity contribution in [2.75, 3.05) is 5.32 Å². The predicted molar refractivity (Wildman–Crippen MR) is 75.7 cm³/mol. The van der Waals surface area contributed by atoms with Gasteiger partial charge < -0.3 is 5.32 Å². The van der Waals surface area contributed by atoms with Gasteiger partial charge in [0.25, 0.3) is 11.9 Å². The van der Waals surface area contributed by atoms with Gasteiger partial charge in [0, 0.05) is 23.5 Å². The van der Waals surface area contributed by atoms with E-state index in [1.807, 2.05) is 26.8 Å². The maximum absolute atomic E-state index is 11.6. The van der Waals surface area contributed by atoms with Crippen LogP contribution in [-0.2, 0) is 4.79 Å². The number of amides is 1. The van der Waals surface area contributed by atoms with Gasteiger partial charge in [-0.05, 0) is 26.8 Å². The topological polar surface area (TPSA) is 72.7 Å². The van der Waals surface area contributed by atoms with Crippen LogP contribution in [0.25, 0.3) is 5.95 Å². The quantitative estimate of drug-likeness (QED) is 0.682. The van der Waals surface area contributed by atoms with Gasteiger partial charge in [-0.1, -0.05) is 6.58 Å². The Morgan fingerprint density at radius 3 is 2.50 bits per heavy atom. The summed E-state index contributed by atoms with van der Waals surface area (Å²) in [6, 6.07) is 3.62. The molecule has 0 aliphatic rings. The summed E-state index contributed by atoms with van der Waals surface area (Å²) in [4.78, 5) is 20.3. The Labute approximate surface area is 116 Å².